The topological polar surface area (TPSA) is 46.0 Å². The van der Waals surface area contributed by atoms with Crippen molar-refractivity contribution >= 4 is 0 Å². The van der Waals surface area contributed by atoms with Crippen LogP contribution in [0.4, 0.5) is 0 Å². The maximum atomic E-state index is 11.0. The van der Waals surface area contributed by atoms with Crippen LogP contribution in [0, 0.1) is 5.41 Å². The first kappa shape index (κ1) is 12.1. The van der Waals surface area contributed by atoms with Gasteiger partial charge in [-0.25, -0.2) is 0 Å². The lowest BCUT2D eigenvalue weighted by Crippen LogP contribution is -2.26. The second-order valence-corrected chi connectivity index (χ2v) is 5.66. The number of hydrogen-bond donors (Lipinski definition) is 1. The average molecular weight is 211 g/mol. The van der Waals surface area contributed by atoms with Crippen molar-refractivity contribution in [1.82, 2.24) is 5.16 Å². The Kier molecular flexibility index (Phi) is 3.12. The highest BCUT2D eigenvalue weighted by atomic mass is 16.5. The van der Waals surface area contributed by atoms with Gasteiger partial charge in [-0.3, -0.25) is 4.79 Å². The molecule has 3 nitrogen and oxygen atoms in total. The van der Waals surface area contributed by atoms with Gasteiger partial charge in [0.05, 0.1) is 0 Å². The van der Waals surface area contributed by atoms with Crippen LogP contribution in [0.5, 0.6) is 0 Å². The zero-order chi connectivity index (χ0) is 11.7. The molecule has 86 valence electrons. The maximum absolute atomic E-state index is 11.0. The Morgan fingerprint density at radius 3 is 2.33 bits per heavy atom. The largest absolute Gasteiger partial charge is 0.383 e. The molecule has 0 aliphatic carbocycles. The highest BCUT2D eigenvalue weighted by Gasteiger charge is 2.31. The molecule has 1 rings (SSSR count). The molecule has 0 amide bonds. The molecule has 0 unspecified atom stereocenters. The minimum atomic E-state index is -0.160. The van der Waals surface area contributed by atoms with Gasteiger partial charge in [0.1, 0.15) is 5.76 Å². The molecular weight excluding hydrogens is 190 g/mol. The van der Waals surface area contributed by atoms with E-state index in [0.29, 0.717) is 0 Å². The third-order valence-electron chi connectivity index (χ3n) is 3.07. The van der Waals surface area contributed by atoms with E-state index in [9.17, 15) is 4.79 Å². The molecule has 0 spiro atoms. The Morgan fingerprint density at radius 1 is 1.33 bits per heavy atom. The lowest BCUT2D eigenvalue weighted by Gasteiger charge is -2.32. The molecule has 0 fully saturated rings. The molecule has 0 aromatic carbocycles. The summed E-state index contributed by atoms with van der Waals surface area (Å²) in [6, 6.07) is 1.55. The van der Waals surface area contributed by atoms with E-state index in [4.69, 9.17) is 4.52 Å². The van der Waals surface area contributed by atoms with Crippen molar-refractivity contribution in [2.24, 2.45) is 5.41 Å². The summed E-state index contributed by atoms with van der Waals surface area (Å²) in [7, 11) is 0. The van der Waals surface area contributed by atoms with Crippen LogP contribution >= 0.6 is 0 Å². The molecular formula is C12H21NO2. The molecule has 0 radical (unpaired) electrons. The van der Waals surface area contributed by atoms with Gasteiger partial charge in [0.15, 0.2) is 0 Å². The molecule has 0 atom stereocenters. The van der Waals surface area contributed by atoms with Crippen molar-refractivity contribution in [3.8, 4) is 0 Å². The summed E-state index contributed by atoms with van der Waals surface area (Å²) >= 11 is 0. The normalized spacial score (nSPS) is 13.1. The van der Waals surface area contributed by atoms with Gasteiger partial charge in [0, 0.05) is 11.5 Å². The monoisotopic (exact) mass is 211 g/mol. The molecule has 0 saturated carbocycles. The Morgan fingerprint density at radius 2 is 1.93 bits per heavy atom. The van der Waals surface area contributed by atoms with E-state index in [0.717, 1.165) is 18.6 Å². The summed E-state index contributed by atoms with van der Waals surface area (Å²) in [5.41, 5.74) is 0.00486. The number of aromatic amines is 1. The predicted molar refractivity (Wildman–Crippen MR) is 61.0 cm³/mol. The SMILES string of the molecule is CCC(C)(C)CC(C)(C)c1cc(=O)[nH]o1. The Hall–Kier alpha value is -0.990. The second kappa shape index (κ2) is 3.87. The summed E-state index contributed by atoms with van der Waals surface area (Å²) in [5, 5.41) is 2.35. The van der Waals surface area contributed by atoms with Crippen molar-refractivity contribution in [3.63, 3.8) is 0 Å². The van der Waals surface area contributed by atoms with Gasteiger partial charge in [-0.15, -0.1) is 0 Å². The van der Waals surface area contributed by atoms with Crippen molar-refractivity contribution in [2.75, 3.05) is 0 Å². The summed E-state index contributed by atoms with van der Waals surface area (Å²) in [5.74, 6) is 0.744. The Labute approximate surface area is 90.8 Å². The van der Waals surface area contributed by atoms with E-state index in [-0.39, 0.29) is 16.4 Å². The van der Waals surface area contributed by atoms with Crippen molar-refractivity contribution in [1.29, 1.82) is 0 Å². The summed E-state index contributed by atoms with van der Waals surface area (Å²) in [6.07, 6.45) is 2.11. The van der Waals surface area contributed by atoms with Gasteiger partial charge in [0.2, 0.25) is 0 Å². The molecule has 0 saturated heterocycles. The third kappa shape index (κ3) is 2.98. The van der Waals surface area contributed by atoms with Gasteiger partial charge >= 0.3 is 0 Å². The molecule has 1 heterocycles. The molecule has 0 aliphatic heterocycles. The fraction of sp³-hybridized carbons (Fsp3) is 0.750. The van der Waals surface area contributed by atoms with Crippen LogP contribution in [0.3, 0.4) is 0 Å². The predicted octanol–water partition coefficient (Wildman–Crippen LogP) is 3.07. The molecule has 1 aromatic rings. The molecule has 0 aliphatic rings. The van der Waals surface area contributed by atoms with Crippen LogP contribution in [0.15, 0.2) is 15.4 Å². The summed E-state index contributed by atoms with van der Waals surface area (Å²) in [4.78, 5) is 11.0. The van der Waals surface area contributed by atoms with E-state index in [1.165, 1.54) is 0 Å². The summed E-state index contributed by atoms with van der Waals surface area (Å²) < 4.78 is 5.18. The van der Waals surface area contributed by atoms with E-state index in [1.807, 2.05) is 0 Å². The standard InChI is InChI=1S/C12H21NO2/c1-6-11(2,3)8-12(4,5)9-7-10(14)13-15-9/h7H,6,8H2,1-5H3,(H,13,14). The lowest BCUT2D eigenvalue weighted by atomic mass is 9.72. The van der Waals surface area contributed by atoms with Crippen molar-refractivity contribution < 1.29 is 4.52 Å². The van der Waals surface area contributed by atoms with Crippen LogP contribution in [0.25, 0.3) is 0 Å². The molecule has 1 N–H and O–H groups in total. The van der Waals surface area contributed by atoms with E-state index >= 15 is 0 Å². The zero-order valence-corrected chi connectivity index (χ0v) is 10.3. The van der Waals surface area contributed by atoms with Crippen molar-refractivity contribution in [2.45, 2.75) is 52.9 Å². The molecule has 1 aromatic heterocycles. The van der Waals surface area contributed by atoms with Gasteiger partial charge in [0.25, 0.3) is 5.56 Å². The third-order valence-corrected chi connectivity index (χ3v) is 3.07. The minimum Gasteiger partial charge on any atom is -0.383 e. The number of hydrogen-bond acceptors (Lipinski definition) is 2. The average Bonchev–Trinajstić information content (AvgIpc) is 2.51. The first-order valence-corrected chi connectivity index (χ1v) is 5.46. The fourth-order valence-corrected chi connectivity index (χ4v) is 2.03. The summed E-state index contributed by atoms with van der Waals surface area (Å²) in [6.45, 7) is 10.9. The van der Waals surface area contributed by atoms with E-state index in [2.05, 4.69) is 39.8 Å². The number of nitrogens with one attached hydrogen (secondary N) is 1. The van der Waals surface area contributed by atoms with Crippen LogP contribution in [0.2, 0.25) is 0 Å². The molecule has 3 heteroatoms. The lowest BCUT2D eigenvalue weighted by molar-refractivity contribution is 0.211. The van der Waals surface area contributed by atoms with Crippen molar-refractivity contribution in [3.05, 3.63) is 22.2 Å². The smallest absolute Gasteiger partial charge is 0.280 e. The first-order valence-electron chi connectivity index (χ1n) is 5.46. The molecule has 0 bridgehead atoms. The molecule has 15 heavy (non-hydrogen) atoms. The highest BCUT2D eigenvalue weighted by Crippen LogP contribution is 2.37. The quantitative estimate of drug-likeness (QED) is 0.831. The van der Waals surface area contributed by atoms with Gasteiger partial charge in [-0.1, -0.05) is 41.0 Å². The highest BCUT2D eigenvalue weighted by molar-refractivity contribution is 5.09. The van der Waals surface area contributed by atoms with Crippen LogP contribution in [-0.2, 0) is 5.41 Å². The maximum Gasteiger partial charge on any atom is 0.280 e. The first-order chi connectivity index (χ1) is 6.77. The van der Waals surface area contributed by atoms with Crippen LogP contribution in [0.1, 0.15) is 53.2 Å². The number of H-pyrrole nitrogens is 1. The fourth-order valence-electron chi connectivity index (χ4n) is 2.03. The number of aromatic nitrogens is 1. The second-order valence-electron chi connectivity index (χ2n) is 5.66. The van der Waals surface area contributed by atoms with Gasteiger partial charge in [-0.2, -0.15) is 5.16 Å². The van der Waals surface area contributed by atoms with Crippen LogP contribution < -0.4 is 5.56 Å². The van der Waals surface area contributed by atoms with Gasteiger partial charge < -0.3 is 4.52 Å². The Bertz CT molecular complexity index is 371. The Balaban J connectivity index is 2.88. The van der Waals surface area contributed by atoms with E-state index < -0.39 is 0 Å². The minimum absolute atomic E-state index is 0.0985. The number of rotatable bonds is 4. The van der Waals surface area contributed by atoms with Crippen LogP contribution in [-0.4, -0.2) is 5.16 Å². The zero-order valence-electron chi connectivity index (χ0n) is 10.3. The van der Waals surface area contributed by atoms with E-state index in [1.54, 1.807) is 6.07 Å². The van der Waals surface area contributed by atoms with Gasteiger partial charge in [-0.05, 0) is 11.8 Å².